The molecule has 204 valence electrons. The van der Waals surface area contributed by atoms with E-state index in [1.165, 1.54) is 17.4 Å². The number of alkyl halides is 4. The molecule has 1 aliphatic carbocycles. The number of aryl methyl sites for hydroxylation is 1. The van der Waals surface area contributed by atoms with E-state index in [0.29, 0.717) is 64.5 Å². The first kappa shape index (κ1) is 27.9. The summed E-state index contributed by atoms with van der Waals surface area (Å²) in [5.74, 6) is 0.348. The first-order valence-electron chi connectivity index (χ1n) is 12.9. The third-order valence-electron chi connectivity index (χ3n) is 7.47. The van der Waals surface area contributed by atoms with Crippen LogP contribution in [0.3, 0.4) is 0 Å². The Morgan fingerprint density at radius 1 is 1.22 bits per heavy atom. The van der Waals surface area contributed by atoms with E-state index in [2.05, 4.69) is 20.1 Å². The van der Waals surface area contributed by atoms with E-state index in [-0.39, 0.29) is 17.6 Å². The number of carbonyl (C=O) groups excluding carboxylic acids is 1. The number of rotatable bonds is 9. The topological polar surface area (TPSA) is 68.2 Å². The van der Waals surface area contributed by atoms with Crippen molar-refractivity contribution in [2.75, 3.05) is 19.6 Å². The second kappa shape index (κ2) is 11.7. The first-order chi connectivity index (χ1) is 17.5. The Hall–Kier alpha value is -2.14. The maximum Gasteiger partial charge on any atom is 0.425 e. The number of ether oxygens (including phenoxy) is 1. The zero-order chi connectivity index (χ0) is 26.6. The van der Waals surface area contributed by atoms with Crippen LogP contribution in [0.25, 0.3) is 0 Å². The minimum Gasteiger partial charge on any atom is -0.465 e. The van der Waals surface area contributed by atoms with E-state index in [0.717, 1.165) is 41.2 Å². The number of hydrogen-bond donors (Lipinski definition) is 0. The van der Waals surface area contributed by atoms with Crippen LogP contribution < -0.4 is 4.74 Å². The fourth-order valence-electron chi connectivity index (χ4n) is 5.13. The first-order valence-corrected chi connectivity index (χ1v) is 13.7. The van der Waals surface area contributed by atoms with Gasteiger partial charge in [-0.2, -0.15) is 13.2 Å². The molecular formula is C26H34F4N4O2S. The van der Waals surface area contributed by atoms with Crippen LogP contribution in [0.2, 0.25) is 0 Å². The van der Waals surface area contributed by atoms with Crippen molar-refractivity contribution < 1.29 is 27.1 Å². The minimum absolute atomic E-state index is 0.0200. The van der Waals surface area contributed by atoms with Crippen LogP contribution in [0, 0.1) is 12.8 Å². The normalized spacial score (nSPS) is 23.8. The Labute approximate surface area is 218 Å². The summed E-state index contributed by atoms with van der Waals surface area (Å²) in [5.41, 5.74) is 0.527. The monoisotopic (exact) mass is 542 g/mol. The number of ketones is 1. The summed E-state index contributed by atoms with van der Waals surface area (Å²) >= 11 is 1.44. The molecule has 2 aliphatic rings. The summed E-state index contributed by atoms with van der Waals surface area (Å²) in [4.78, 5) is 18.9. The molecule has 1 aliphatic heterocycles. The van der Waals surface area contributed by atoms with E-state index in [9.17, 15) is 18.0 Å². The number of hydrogen-bond acceptors (Lipinski definition) is 7. The van der Waals surface area contributed by atoms with E-state index in [1.54, 1.807) is 6.07 Å². The standard InChI is InChI=1S/C26H34F4N4O2S/c1-17(26(28,29)30)36-23-4-3-20-7-12-34(13-8-22(20)31-23)14-11-25(27)9-5-19(6-10-25)15-21(35)16-24-33-32-18(2)37-24/h3-4,17,19H,5-16H2,1-2H3/t17-,19?,25?/m1/s1. The molecular weight excluding hydrogens is 508 g/mol. The highest BCUT2D eigenvalue weighted by atomic mass is 32.1. The quantitative estimate of drug-likeness (QED) is 0.392. The molecule has 0 bridgehead atoms. The average Bonchev–Trinajstić information content (AvgIpc) is 3.13. The SMILES string of the molecule is Cc1nnc(CC(=O)CC2CCC(F)(CCN3CCc4ccc(O[C@H](C)C(F)(F)F)nc4CC3)CC2)s1. The highest BCUT2D eigenvalue weighted by molar-refractivity contribution is 7.11. The van der Waals surface area contributed by atoms with Gasteiger partial charge in [0.15, 0.2) is 6.10 Å². The molecule has 2 aromatic heterocycles. The van der Waals surface area contributed by atoms with Gasteiger partial charge in [0.1, 0.15) is 21.5 Å². The lowest BCUT2D eigenvalue weighted by atomic mass is 9.76. The van der Waals surface area contributed by atoms with Gasteiger partial charge in [0, 0.05) is 44.2 Å². The maximum atomic E-state index is 15.6. The predicted molar refractivity (Wildman–Crippen MR) is 133 cm³/mol. The molecule has 4 rings (SSSR count). The molecule has 0 spiro atoms. The van der Waals surface area contributed by atoms with Gasteiger partial charge in [-0.05, 0) is 63.9 Å². The van der Waals surface area contributed by atoms with Crippen LogP contribution in [0.4, 0.5) is 17.6 Å². The average molecular weight is 543 g/mol. The lowest BCUT2D eigenvalue weighted by molar-refractivity contribution is -0.190. The lowest BCUT2D eigenvalue weighted by Gasteiger charge is -2.35. The van der Waals surface area contributed by atoms with Gasteiger partial charge in [-0.3, -0.25) is 4.79 Å². The fourth-order valence-corrected chi connectivity index (χ4v) is 5.86. The lowest BCUT2D eigenvalue weighted by Crippen LogP contribution is -2.36. The fraction of sp³-hybridized carbons (Fsp3) is 0.692. The largest absolute Gasteiger partial charge is 0.465 e. The second-order valence-corrected chi connectivity index (χ2v) is 11.6. The second-order valence-electron chi connectivity index (χ2n) is 10.4. The van der Waals surface area contributed by atoms with Gasteiger partial charge in [-0.15, -0.1) is 21.5 Å². The maximum absolute atomic E-state index is 15.6. The van der Waals surface area contributed by atoms with Crippen molar-refractivity contribution in [2.24, 2.45) is 5.92 Å². The molecule has 2 aromatic rings. The number of fused-ring (bicyclic) bond motifs is 1. The molecule has 0 N–H and O–H groups in total. The highest BCUT2D eigenvalue weighted by Gasteiger charge is 2.39. The van der Waals surface area contributed by atoms with Crippen molar-refractivity contribution in [2.45, 2.75) is 89.6 Å². The van der Waals surface area contributed by atoms with E-state index < -0.39 is 17.9 Å². The van der Waals surface area contributed by atoms with Crippen LogP contribution in [0.1, 0.15) is 66.7 Å². The summed E-state index contributed by atoms with van der Waals surface area (Å²) in [7, 11) is 0. The van der Waals surface area contributed by atoms with Crippen molar-refractivity contribution in [3.63, 3.8) is 0 Å². The van der Waals surface area contributed by atoms with Crippen LogP contribution >= 0.6 is 11.3 Å². The molecule has 0 saturated heterocycles. The molecule has 11 heteroatoms. The summed E-state index contributed by atoms with van der Waals surface area (Å²) in [6.07, 6.45) is -1.47. The zero-order valence-electron chi connectivity index (χ0n) is 21.3. The number of pyridine rings is 1. The highest BCUT2D eigenvalue weighted by Crippen LogP contribution is 2.39. The predicted octanol–water partition coefficient (Wildman–Crippen LogP) is 5.46. The molecule has 0 aromatic carbocycles. The van der Waals surface area contributed by atoms with Gasteiger partial charge in [-0.1, -0.05) is 6.07 Å². The zero-order valence-corrected chi connectivity index (χ0v) is 22.1. The molecule has 0 unspecified atom stereocenters. The molecule has 1 fully saturated rings. The van der Waals surface area contributed by atoms with Crippen molar-refractivity contribution in [1.82, 2.24) is 20.1 Å². The Balaban J connectivity index is 1.21. The third kappa shape index (κ3) is 7.92. The molecule has 1 atom stereocenters. The minimum atomic E-state index is -4.44. The number of carbonyl (C=O) groups is 1. The smallest absolute Gasteiger partial charge is 0.425 e. The van der Waals surface area contributed by atoms with Crippen molar-refractivity contribution in [1.29, 1.82) is 0 Å². The van der Waals surface area contributed by atoms with Crippen LogP contribution in [-0.2, 0) is 24.1 Å². The molecule has 0 radical (unpaired) electrons. The van der Waals surface area contributed by atoms with E-state index in [1.807, 2.05) is 6.92 Å². The van der Waals surface area contributed by atoms with Crippen molar-refractivity contribution in [3.8, 4) is 5.88 Å². The van der Waals surface area contributed by atoms with Crippen molar-refractivity contribution in [3.05, 3.63) is 33.4 Å². The summed E-state index contributed by atoms with van der Waals surface area (Å²) in [6, 6.07) is 3.28. The third-order valence-corrected chi connectivity index (χ3v) is 8.31. The Bertz CT molecular complexity index is 1070. The number of Topliss-reactive ketones (excluding diaryl/α,β-unsaturated/α-hetero) is 1. The molecule has 0 amide bonds. The van der Waals surface area contributed by atoms with Crippen LogP contribution in [-0.4, -0.2) is 63.4 Å². The van der Waals surface area contributed by atoms with Gasteiger partial charge < -0.3 is 9.64 Å². The Morgan fingerprint density at radius 2 is 1.95 bits per heavy atom. The summed E-state index contributed by atoms with van der Waals surface area (Å²) < 4.78 is 59.0. The Kier molecular flexibility index (Phi) is 8.83. The van der Waals surface area contributed by atoms with Gasteiger partial charge >= 0.3 is 6.18 Å². The van der Waals surface area contributed by atoms with Gasteiger partial charge in [0.25, 0.3) is 0 Å². The molecule has 3 heterocycles. The Morgan fingerprint density at radius 3 is 2.62 bits per heavy atom. The molecule has 1 saturated carbocycles. The number of halogens is 4. The molecule has 6 nitrogen and oxygen atoms in total. The summed E-state index contributed by atoms with van der Waals surface area (Å²) in [5, 5.41) is 9.56. The number of aromatic nitrogens is 3. The van der Waals surface area contributed by atoms with Gasteiger partial charge in [0.2, 0.25) is 5.88 Å². The van der Waals surface area contributed by atoms with Crippen molar-refractivity contribution >= 4 is 17.1 Å². The molecule has 37 heavy (non-hydrogen) atoms. The van der Waals surface area contributed by atoms with Gasteiger partial charge in [0.05, 0.1) is 6.42 Å². The van der Waals surface area contributed by atoms with E-state index in [4.69, 9.17) is 4.74 Å². The van der Waals surface area contributed by atoms with Gasteiger partial charge in [-0.25, -0.2) is 9.37 Å². The van der Waals surface area contributed by atoms with Crippen LogP contribution in [0.5, 0.6) is 5.88 Å². The van der Waals surface area contributed by atoms with Crippen LogP contribution in [0.15, 0.2) is 12.1 Å². The number of nitrogens with zero attached hydrogens (tertiary/aromatic N) is 4. The summed E-state index contributed by atoms with van der Waals surface area (Å²) in [6.45, 7) is 4.89. The van der Waals surface area contributed by atoms with E-state index >= 15 is 4.39 Å².